The number of thioether (sulfide) groups is 1. The van der Waals surface area contributed by atoms with Crippen LogP contribution in [0.1, 0.15) is 116 Å². The van der Waals surface area contributed by atoms with Gasteiger partial charge in [-0.2, -0.15) is 0 Å². The largest absolute Gasteiger partial charge is 0.480 e. The van der Waals surface area contributed by atoms with E-state index in [9.17, 15) is 77.3 Å². The smallest absolute Gasteiger partial charge is 0.325 e. The van der Waals surface area contributed by atoms with Crippen LogP contribution in [0.4, 0.5) is 0 Å². The van der Waals surface area contributed by atoms with Gasteiger partial charge in [-0.25, -0.2) is 10.0 Å². The number of nitrogens with zero attached hydrogens (tertiary/aromatic N) is 3. The Morgan fingerprint density at radius 3 is 2.04 bits per heavy atom. The summed E-state index contributed by atoms with van der Waals surface area (Å²) in [6.07, 6.45) is -2.61. The van der Waals surface area contributed by atoms with Crippen LogP contribution in [0, 0.1) is 23.7 Å². The second-order valence-electron chi connectivity index (χ2n) is 21.7. The van der Waals surface area contributed by atoms with Gasteiger partial charge in [0.2, 0.25) is 47.3 Å². The Hall–Kier alpha value is -7.07. The number of ketones is 4. The minimum absolute atomic E-state index is 0.0237. The van der Waals surface area contributed by atoms with E-state index in [0.717, 1.165) is 26.7 Å². The first-order chi connectivity index (χ1) is 39.8. The molecule has 26 nitrogen and oxygen atoms in total. The van der Waals surface area contributed by atoms with Crippen molar-refractivity contribution in [2.45, 2.75) is 153 Å². The van der Waals surface area contributed by atoms with E-state index in [1.807, 2.05) is 0 Å². The Bertz CT molecular complexity index is 2860. The van der Waals surface area contributed by atoms with Gasteiger partial charge in [-0.05, 0) is 54.4 Å². The van der Waals surface area contributed by atoms with Crippen molar-refractivity contribution >= 4 is 121 Å². The maximum absolute atomic E-state index is 14.8. The highest BCUT2D eigenvalue weighted by Gasteiger charge is 2.44. The maximum Gasteiger partial charge on any atom is 0.325 e. The lowest BCUT2D eigenvalue weighted by atomic mass is 9.86. The van der Waals surface area contributed by atoms with Gasteiger partial charge in [0.15, 0.2) is 17.3 Å². The molecular weight excluding hydrogens is 1180 g/mol. The first-order valence-corrected chi connectivity index (χ1v) is 30.3. The lowest BCUT2D eigenvalue weighted by Crippen LogP contribution is -2.55. The molecule has 0 saturated carbocycles. The zero-order valence-corrected chi connectivity index (χ0v) is 50.3. The van der Waals surface area contributed by atoms with Crippen LogP contribution >= 0.6 is 27.7 Å². The molecule has 1 aromatic heterocycles. The molecule has 1 fully saturated rings. The molecule has 2 bridgehead atoms. The number of carboxylic acid groups (broad SMARTS) is 1. The Labute approximate surface area is 498 Å². The number of amides is 9. The Morgan fingerprint density at radius 1 is 0.774 bits per heavy atom. The molecule has 0 spiro atoms. The molecule has 2 aromatic rings. The van der Waals surface area contributed by atoms with Gasteiger partial charge in [-0.3, -0.25) is 67.1 Å². The van der Waals surface area contributed by atoms with Crippen molar-refractivity contribution in [1.29, 1.82) is 0 Å². The van der Waals surface area contributed by atoms with E-state index in [2.05, 4.69) is 47.5 Å². The average Bonchev–Trinajstić information content (AvgIpc) is 3.40. The predicted molar refractivity (Wildman–Crippen MR) is 307 cm³/mol. The summed E-state index contributed by atoms with van der Waals surface area (Å²) < 4.78 is 0. The van der Waals surface area contributed by atoms with Crippen molar-refractivity contribution in [3.63, 3.8) is 0 Å². The van der Waals surface area contributed by atoms with E-state index in [4.69, 9.17) is 5.73 Å². The first-order valence-electron chi connectivity index (χ1n) is 28.2. The predicted octanol–water partition coefficient (Wildman–Crippen LogP) is 0.300. The number of hydrogen-bond donors (Lipinski definition) is 9. The van der Waals surface area contributed by atoms with Gasteiger partial charge in [0.1, 0.15) is 31.0 Å². The monoisotopic (exact) mass is 1260 g/mol. The van der Waals surface area contributed by atoms with Crippen LogP contribution in [0.5, 0.6) is 0 Å². The number of hydrazine groups is 1. The summed E-state index contributed by atoms with van der Waals surface area (Å²) in [5.74, 6) is -14.6. The Kier molecular flexibility index (Phi) is 25.6. The number of hydrogen-bond acceptors (Lipinski definition) is 16. The van der Waals surface area contributed by atoms with Crippen molar-refractivity contribution in [3.05, 3.63) is 29.3 Å². The number of halogens is 1. The van der Waals surface area contributed by atoms with E-state index in [1.165, 1.54) is 6.92 Å². The van der Waals surface area contributed by atoms with Gasteiger partial charge in [-0.15, -0.1) is 11.8 Å². The fourth-order valence-corrected chi connectivity index (χ4v) is 11.8. The molecule has 3 aliphatic rings. The molecule has 1 aromatic carbocycles. The van der Waals surface area contributed by atoms with Crippen LogP contribution in [0.15, 0.2) is 23.2 Å². The molecule has 0 aliphatic carbocycles. The molecular formula is C56H77BrN10O16S. The number of unbranched alkanes of at least 4 members (excludes halogenated alkanes) is 1. The van der Waals surface area contributed by atoms with Gasteiger partial charge < -0.3 is 52.4 Å². The second-order valence-corrected chi connectivity index (χ2v) is 23.3. The zero-order chi connectivity index (χ0) is 62.1. The minimum Gasteiger partial charge on any atom is -0.480 e. The molecule has 0 radical (unpaired) electrons. The summed E-state index contributed by atoms with van der Waals surface area (Å²) in [5, 5.41) is 35.5. The highest BCUT2D eigenvalue weighted by Crippen LogP contribution is 2.35. The number of aliphatic hydroxyl groups excluding tert-OH is 1. The van der Waals surface area contributed by atoms with E-state index in [-0.39, 0.29) is 74.8 Å². The second kappa shape index (κ2) is 31.7. The number of nitrogens with two attached hydrogens (primary N) is 1. The number of H-pyrrole nitrogens is 1. The molecule has 3 aliphatic heterocycles. The van der Waals surface area contributed by atoms with Crippen molar-refractivity contribution < 1.29 is 77.3 Å². The van der Waals surface area contributed by atoms with Crippen LogP contribution in [-0.4, -0.2) is 186 Å². The molecule has 9 atom stereocenters. The van der Waals surface area contributed by atoms with Crippen molar-refractivity contribution in [1.82, 2.24) is 46.5 Å². The first kappa shape index (κ1) is 67.7. The third-order valence-corrected chi connectivity index (χ3v) is 17.0. The van der Waals surface area contributed by atoms with E-state index >= 15 is 0 Å². The number of benzene rings is 1. The van der Waals surface area contributed by atoms with E-state index in [0.29, 0.717) is 39.9 Å². The number of alkyl halides is 1. The fraction of sp³-hybridized carbons (Fsp3) is 0.607. The summed E-state index contributed by atoms with van der Waals surface area (Å²) in [7, 11) is 0. The maximum atomic E-state index is 14.8. The van der Waals surface area contributed by atoms with Crippen LogP contribution in [-0.2, 0) is 80.0 Å². The van der Waals surface area contributed by atoms with Gasteiger partial charge in [0.25, 0.3) is 5.91 Å². The molecule has 10 N–H and O–H groups in total. The molecule has 28 heteroatoms. The summed E-state index contributed by atoms with van der Waals surface area (Å²) in [5.41, 5.74) is 7.08. The Balaban J connectivity index is 1.56. The highest BCUT2D eigenvalue weighted by atomic mass is 79.9. The number of Topliss-reactive ketones (excluding diaryl/α,β-unsaturated/α-hetero) is 4. The third kappa shape index (κ3) is 18.7. The molecule has 1 unspecified atom stereocenters. The number of primary amides is 1. The number of carbonyl (C=O) groups excluding carboxylic acids is 13. The molecule has 460 valence electrons. The van der Waals surface area contributed by atoms with Crippen LogP contribution in [0.2, 0.25) is 0 Å². The normalized spacial score (nSPS) is 23.2. The lowest BCUT2D eigenvalue weighted by Gasteiger charge is -2.32. The average molecular weight is 1260 g/mol. The minimum atomic E-state index is -1.48. The third-order valence-electron chi connectivity index (χ3n) is 15.4. The number of aliphatic carboxylic acids is 1. The summed E-state index contributed by atoms with van der Waals surface area (Å²) in [6.45, 7) is 5.38. The molecule has 9 amide bonds. The van der Waals surface area contributed by atoms with Crippen LogP contribution in [0.3, 0.4) is 0 Å². The number of aliphatic hydroxyl groups is 1. The zero-order valence-electron chi connectivity index (χ0n) is 47.9. The van der Waals surface area contributed by atoms with E-state index in [1.54, 1.807) is 45.9 Å². The molecule has 84 heavy (non-hydrogen) atoms. The number of fused-ring (bicyclic) bond motifs is 5. The van der Waals surface area contributed by atoms with E-state index < -0.39 is 176 Å². The number of rotatable bonds is 19. The number of nitrogens with one attached hydrogen (secondary N) is 6. The highest BCUT2D eigenvalue weighted by molar-refractivity contribution is 9.09. The van der Waals surface area contributed by atoms with Gasteiger partial charge in [-0.1, -0.05) is 69.5 Å². The quantitative estimate of drug-likeness (QED) is 0.0519. The van der Waals surface area contributed by atoms with Gasteiger partial charge in [0, 0.05) is 80.5 Å². The summed E-state index contributed by atoms with van der Waals surface area (Å²) >= 11 is 4.05. The SMILES string of the molecule is CCC(=O)N(CC(=O)O)N(CC(=O)CCCCC(=O)Cc1ccc2[nH]c3c(c2c1)C[C@@H]1CC(=O)[C@H](C(C)CC)NC(=O)[C@@H]2C[C@@H](O)CN2C(=O)[C@H](CC(N)=O)CC(=O)[C@H](CS3)NC(=O)CNC(=O)[C@H]([C@@H](C)CC)NC(=O)CNC1=O)C(=O)CBr. The molecule has 5 rings (SSSR count). The number of carbonyl (C=O) groups is 14. The molecule has 1 saturated heterocycles. The molecule has 4 heterocycles. The van der Waals surface area contributed by atoms with Gasteiger partial charge in [0.05, 0.1) is 47.6 Å². The van der Waals surface area contributed by atoms with Gasteiger partial charge >= 0.3 is 5.97 Å². The van der Waals surface area contributed by atoms with Crippen LogP contribution in [0.25, 0.3) is 10.9 Å². The van der Waals surface area contributed by atoms with Crippen molar-refractivity contribution in [2.75, 3.05) is 43.8 Å². The van der Waals surface area contributed by atoms with Crippen molar-refractivity contribution in [2.24, 2.45) is 29.4 Å². The number of aromatic amines is 1. The lowest BCUT2D eigenvalue weighted by molar-refractivity contribution is -0.168. The van der Waals surface area contributed by atoms with Crippen molar-refractivity contribution in [3.8, 4) is 0 Å². The summed E-state index contributed by atoms with van der Waals surface area (Å²) in [6, 6.07) is -0.144. The Morgan fingerprint density at radius 2 is 1.40 bits per heavy atom. The number of aromatic nitrogens is 1. The topological polar surface area (TPSA) is 391 Å². The number of carboxylic acids is 1. The van der Waals surface area contributed by atoms with Crippen LogP contribution < -0.4 is 32.3 Å². The fourth-order valence-electron chi connectivity index (χ4n) is 10.4. The standard InChI is InChI=1S/C56H77BrN10O16S/c1-6-29(4)50-43(72)18-32-17-38-37-16-31(15-34(68)11-9-10-12-35(69)26-66(48(77)22-57)67(27-49(78)79)47(76)8-3)13-14-39(37)62-55(38)84-28-40(61-45(74)23-60-54(82)51(30(5)7-2)63-46(75)24-59-52(32)80)42(71)19-33(20-44(58)73)56(83)65-25-36(70)21-41(65)53(81)64-50/h13-14,16,29-30,32-33,36,40-41,50-51,62,70H,6-12,15,17-28H2,1-5H3,(H2,58,73)(H,59,80)(H,60,82)(H,61,74)(H,63,75)(H,64,81)(H,78,79)/t29?,30-,32+,33-,36+,40-,41-,50-,51-/m0/s1. The summed E-state index contributed by atoms with van der Waals surface area (Å²) in [4.78, 5) is 195.